The summed E-state index contributed by atoms with van der Waals surface area (Å²) in [6, 6.07) is 9.46. The van der Waals surface area contributed by atoms with Gasteiger partial charge in [0.25, 0.3) is 5.91 Å². The minimum absolute atomic E-state index is 0.0505. The van der Waals surface area contributed by atoms with E-state index in [1.54, 1.807) is 12.1 Å². The summed E-state index contributed by atoms with van der Waals surface area (Å²) in [5.41, 5.74) is 3.38. The number of halogens is 2. The lowest BCUT2D eigenvalue weighted by Gasteiger charge is -2.33. The van der Waals surface area contributed by atoms with Gasteiger partial charge >= 0.3 is 0 Å². The van der Waals surface area contributed by atoms with Crippen LogP contribution in [-0.2, 0) is 0 Å². The number of nitrogens with one attached hydrogen (secondary N) is 2. The van der Waals surface area contributed by atoms with Gasteiger partial charge < -0.3 is 10.6 Å². The van der Waals surface area contributed by atoms with E-state index in [0.717, 1.165) is 30.2 Å². The zero-order valence-electron chi connectivity index (χ0n) is 14.4. The maximum Gasteiger partial charge on any atom is 0.251 e. The van der Waals surface area contributed by atoms with Crippen molar-refractivity contribution >= 4 is 5.91 Å². The van der Waals surface area contributed by atoms with Gasteiger partial charge in [-0.3, -0.25) is 4.79 Å². The summed E-state index contributed by atoms with van der Waals surface area (Å²) in [6.07, 6.45) is 0.753. The van der Waals surface area contributed by atoms with E-state index in [4.69, 9.17) is 0 Å². The van der Waals surface area contributed by atoms with Crippen molar-refractivity contribution < 1.29 is 13.6 Å². The Morgan fingerprint density at radius 2 is 1.96 bits per heavy atom. The van der Waals surface area contributed by atoms with Crippen molar-refractivity contribution in [1.82, 2.24) is 10.6 Å². The molecule has 0 spiro atoms. The van der Waals surface area contributed by atoms with Crippen LogP contribution in [0.2, 0.25) is 0 Å². The number of carbonyl (C=O) groups excluding carboxylic acids is 1. The fraction of sp³-hybridized carbons (Fsp3) is 0.350. The molecule has 0 saturated carbocycles. The minimum atomic E-state index is -0.853. The molecular formula is C20H22F2N2O. The third-order valence-electron chi connectivity index (χ3n) is 5.02. The van der Waals surface area contributed by atoms with E-state index >= 15 is 0 Å². The molecule has 25 heavy (non-hydrogen) atoms. The van der Waals surface area contributed by atoms with Gasteiger partial charge in [0.1, 0.15) is 0 Å². The lowest BCUT2D eigenvalue weighted by Crippen LogP contribution is -2.50. The van der Waals surface area contributed by atoms with Crippen LogP contribution in [0.25, 0.3) is 0 Å². The Labute approximate surface area is 146 Å². The summed E-state index contributed by atoms with van der Waals surface area (Å²) in [6.45, 7) is 5.27. The Morgan fingerprint density at radius 3 is 2.72 bits per heavy atom. The van der Waals surface area contributed by atoms with Crippen LogP contribution in [0, 0.1) is 25.5 Å². The molecule has 132 valence electrons. The van der Waals surface area contributed by atoms with E-state index in [1.165, 1.54) is 6.07 Å². The average Bonchev–Trinajstić information content (AvgIpc) is 2.60. The Morgan fingerprint density at radius 1 is 1.16 bits per heavy atom. The highest BCUT2D eigenvalue weighted by Gasteiger charge is 2.29. The van der Waals surface area contributed by atoms with Crippen LogP contribution in [0.5, 0.6) is 0 Å². The molecule has 0 aliphatic carbocycles. The Bertz CT molecular complexity index is 791. The van der Waals surface area contributed by atoms with Crippen molar-refractivity contribution in [2.75, 3.05) is 13.1 Å². The molecule has 3 rings (SSSR count). The highest BCUT2D eigenvalue weighted by molar-refractivity contribution is 5.96. The highest BCUT2D eigenvalue weighted by atomic mass is 19.2. The largest absolute Gasteiger partial charge is 0.347 e. The molecule has 0 radical (unpaired) electrons. The number of aryl methyl sites for hydroxylation is 1. The molecule has 2 atom stereocenters. The first-order valence-electron chi connectivity index (χ1n) is 8.50. The Hall–Kier alpha value is -2.27. The van der Waals surface area contributed by atoms with Crippen molar-refractivity contribution in [3.8, 4) is 0 Å². The molecule has 2 unspecified atom stereocenters. The predicted molar refractivity (Wildman–Crippen MR) is 93.8 cm³/mol. The summed E-state index contributed by atoms with van der Waals surface area (Å²) < 4.78 is 26.8. The van der Waals surface area contributed by atoms with E-state index in [9.17, 15) is 13.6 Å². The third kappa shape index (κ3) is 3.71. The molecule has 3 nitrogen and oxygen atoms in total. The molecule has 2 aromatic rings. The average molecular weight is 344 g/mol. The Kier molecular flexibility index (Phi) is 5.13. The maximum atomic E-state index is 13.6. The van der Waals surface area contributed by atoms with Crippen LogP contribution in [0.1, 0.15) is 39.4 Å². The first-order valence-corrected chi connectivity index (χ1v) is 8.50. The highest BCUT2D eigenvalue weighted by Crippen LogP contribution is 2.27. The Balaban J connectivity index is 1.82. The van der Waals surface area contributed by atoms with Crippen LogP contribution in [-0.4, -0.2) is 25.0 Å². The first kappa shape index (κ1) is 17.5. The summed E-state index contributed by atoms with van der Waals surface area (Å²) in [4.78, 5) is 12.7. The number of carbonyl (C=O) groups is 1. The molecule has 1 saturated heterocycles. The van der Waals surface area contributed by atoms with Crippen LogP contribution < -0.4 is 10.6 Å². The second kappa shape index (κ2) is 7.31. The lowest BCUT2D eigenvalue weighted by molar-refractivity contribution is 0.0923. The monoisotopic (exact) mass is 344 g/mol. The fourth-order valence-corrected chi connectivity index (χ4v) is 3.40. The van der Waals surface area contributed by atoms with E-state index in [2.05, 4.69) is 10.6 Å². The topological polar surface area (TPSA) is 41.1 Å². The number of hydrogen-bond acceptors (Lipinski definition) is 2. The van der Waals surface area contributed by atoms with Crippen molar-refractivity contribution in [1.29, 1.82) is 0 Å². The van der Waals surface area contributed by atoms with Gasteiger partial charge in [-0.15, -0.1) is 0 Å². The second-order valence-corrected chi connectivity index (χ2v) is 6.60. The molecule has 0 aromatic heterocycles. The van der Waals surface area contributed by atoms with E-state index in [1.807, 2.05) is 26.0 Å². The molecule has 2 aromatic carbocycles. The third-order valence-corrected chi connectivity index (χ3v) is 5.02. The van der Waals surface area contributed by atoms with Gasteiger partial charge in [-0.1, -0.05) is 18.2 Å². The van der Waals surface area contributed by atoms with Gasteiger partial charge in [-0.2, -0.15) is 0 Å². The number of rotatable bonds is 3. The lowest BCUT2D eigenvalue weighted by atomic mass is 9.85. The smallest absolute Gasteiger partial charge is 0.251 e. The molecule has 1 aliphatic rings. The number of benzene rings is 2. The zero-order valence-corrected chi connectivity index (χ0v) is 14.4. The van der Waals surface area contributed by atoms with Crippen molar-refractivity contribution in [3.63, 3.8) is 0 Å². The standard InChI is InChI=1S/C20H22F2N2O/c1-12-4-3-5-15(13(12)2)20(25)24-19-11-23-9-8-16(19)14-6-7-17(21)18(22)10-14/h3-7,10,16,19,23H,8-9,11H2,1-2H3,(H,24,25). The minimum Gasteiger partial charge on any atom is -0.347 e. The summed E-state index contributed by atoms with van der Waals surface area (Å²) in [5, 5.41) is 6.33. The molecule has 0 bridgehead atoms. The maximum absolute atomic E-state index is 13.6. The zero-order chi connectivity index (χ0) is 18.0. The quantitative estimate of drug-likeness (QED) is 0.895. The van der Waals surface area contributed by atoms with Crippen LogP contribution in [0.15, 0.2) is 36.4 Å². The summed E-state index contributed by atoms with van der Waals surface area (Å²) >= 11 is 0. The predicted octanol–water partition coefficient (Wildman–Crippen LogP) is 3.46. The molecule has 1 heterocycles. The SMILES string of the molecule is Cc1cccc(C(=O)NC2CNCCC2c2ccc(F)c(F)c2)c1C. The van der Waals surface area contributed by atoms with Gasteiger partial charge in [0.05, 0.1) is 0 Å². The molecule has 1 aliphatic heterocycles. The molecule has 1 fully saturated rings. The van der Waals surface area contributed by atoms with E-state index in [-0.39, 0.29) is 17.9 Å². The van der Waals surface area contributed by atoms with E-state index < -0.39 is 11.6 Å². The molecule has 1 amide bonds. The van der Waals surface area contributed by atoms with Crippen LogP contribution in [0.3, 0.4) is 0 Å². The first-order chi connectivity index (χ1) is 12.0. The van der Waals surface area contributed by atoms with Crippen molar-refractivity contribution in [2.45, 2.75) is 32.2 Å². The van der Waals surface area contributed by atoms with Gasteiger partial charge in [-0.05, 0) is 61.7 Å². The molecule has 5 heteroatoms. The van der Waals surface area contributed by atoms with Gasteiger partial charge in [-0.25, -0.2) is 8.78 Å². The van der Waals surface area contributed by atoms with Gasteiger partial charge in [0.2, 0.25) is 0 Å². The molecular weight excluding hydrogens is 322 g/mol. The number of amides is 1. The van der Waals surface area contributed by atoms with Gasteiger partial charge in [0, 0.05) is 24.1 Å². The van der Waals surface area contributed by atoms with E-state index in [0.29, 0.717) is 17.7 Å². The van der Waals surface area contributed by atoms with Crippen molar-refractivity contribution in [2.24, 2.45) is 0 Å². The van der Waals surface area contributed by atoms with Crippen LogP contribution in [0.4, 0.5) is 8.78 Å². The van der Waals surface area contributed by atoms with Crippen molar-refractivity contribution in [3.05, 3.63) is 70.3 Å². The van der Waals surface area contributed by atoms with Crippen LogP contribution >= 0.6 is 0 Å². The fourth-order valence-electron chi connectivity index (χ4n) is 3.40. The number of piperidine rings is 1. The summed E-state index contributed by atoms with van der Waals surface area (Å²) in [5.74, 6) is -1.89. The second-order valence-electron chi connectivity index (χ2n) is 6.60. The molecule has 2 N–H and O–H groups in total. The normalized spacial score (nSPS) is 20.3. The number of hydrogen-bond donors (Lipinski definition) is 2. The van der Waals surface area contributed by atoms with Gasteiger partial charge in [0.15, 0.2) is 11.6 Å². The summed E-state index contributed by atoms with van der Waals surface area (Å²) in [7, 11) is 0.